The molecule has 1 aromatic carbocycles. The smallest absolute Gasteiger partial charge is 0.289 e. The molecule has 0 saturated carbocycles. The van der Waals surface area contributed by atoms with Crippen molar-refractivity contribution in [2.45, 2.75) is 13.0 Å². The molecule has 2 N–H and O–H groups in total. The minimum atomic E-state index is -0.840. The normalized spacial score (nSPS) is 14.6. The average Bonchev–Trinajstić information content (AvgIpc) is 3.23. The molecule has 10 heteroatoms. The van der Waals surface area contributed by atoms with Crippen LogP contribution in [0.2, 0.25) is 0 Å². The molecule has 2 heterocycles. The number of benzene rings is 1. The number of hydrogen-bond donors (Lipinski definition) is 2. The predicted molar refractivity (Wildman–Crippen MR) is 102 cm³/mol. The second-order valence-electron chi connectivity index (χ2n) is 5.95. The Labute approximate surface area is 165 Å². The molecule has 0 radical (unpaired) electrons. The largest absolute Gasteiger partial charge is 0.481 e. The highest BCUT2D eigenvalue weighted by atomic mass is 32.1. The Kier molecular flexibility index (Phi) is 6.41. The highest BCUT2D eigenvalue weighted by Crippen LogP contribution is 2.21. The molecule has 9 nitrogen and oxygen atoms in total. The van der Waals surface area contributed by atoms with E-state index in [9.17, 15) is 9.59 Å². The van der Waals surface area contributed by atoms with Gasteiger partial charge in [0.15, 0.2) is 11.2 Å². The number of ether oxygens (including phenoxy) is 2. The van der Waals surface area contributed by atoms with Crippen LogP contribution in [0.4, 0.5) is 5.13 Å². The van der Waals surface area contributed by atoms with Gasteiger partial charge in [0.05, 0.1) is 24.8 Å². The molecule has 1 atom stereocenters. The first kappa shape index (κ1) is 19.6. The summed E-state index contributed by atoms with van der Waals surface area (Å²) >= 11 is 1.37. The third-order valence-electron chi connectivity index (χ3n) is 3.97. The first-order valence-corrected chi connectivity index (χ1v) is 9.50. The number of nitrogens with one attached hydrogen (secondary N) is 2. The monoisotopic (exact) mass is 401 g/mol. The van der Waals surface area contributed by atoms with Gasteiger partial charge in [-0.15, -0.1) is 11.3 Å². The number of thiazole rings is 1. The lowest BCUT2D eigenvalue weighted by atomic mass is 10.2. The molecule has 3 rings (SSSR count). The number of nitriles is 1. The van der Waals surface area contributed by atoms with Crippen LogP contribution in [0.15, 0.2) is 29.6 Å². The molecule has 1 aliphatic heterocycles. The van der Waals surface area contributed by atoms with Gasteiger partial charge in [0.2, 0.25) is 0 Å². The topological polar surface area (TPSA) is 117 Å². The molecular weight excluding hydrogens is 382 g/mol. The van der Waals surface area contributed by atoms with Crippen molar-refractivity contribution >= 4 is 28.3 Å². The van der Waals surface area contributed by atoms with Gasteiger partial charge in [-0.25, -0.2) is 4.98 Å². The molecule has 1 aromatic heterocycles. The average molecular weight is 401 g/mol. The highest BCUT2D eigenvalue weighted by Gasteiger charge is 2.19. The number of carbonyl (C=O) groups is 2. The van der Waals surface area contributed by atoms with Gasteiger partial charge in [-0.3, -0.25) is 20.4 Å². The molecule has 0 aliphatic carbocycles. The summed E-state index contributed by atoms with van der Waals surface area (Å²) < 4.78 is 10.8. The van der Waals surface area contributed by atoms with Crippen molar-refractivity contribution in [2.24, 2.45) is 0 Å². The second kappa shape index (κ2) is 9.16. The number of hydrogen-bond acceptors (Lipinski definition) is 8. The van der Waals surface area contributed by atoms with Crippen LogP contribution in [0.25, 0.3) is 0 Å². The summed E-state index contributed by atoms with van der Waals surface area (Å²) in [7, 11) is 0. The van der Waals surface area contributed by atoms with Crippen LogP contribution < -0.4 is 20.5 Å². The zero-order valence-electron chi connectivity index (χ0n) is 15.2. The Hall–Kier alpha value is -3.16. The Morgan fingerprint density at radius 3 is 2.68 bits per heavy atom. The number of carbonyl (C=O) groups excluding carboxylic acids is 2. The lowest BCUT2D eigenvalue weighted by Gasteiger charge is -2.25. The summed E-state index contributed by atoms with van der Waals surface area (Å²) in [5.41, 5.74) is 5.39. The first-order valence-electron chi connectivity index (χ1n) is 8.62. The van der Waals surface area contributed by atoms with Gasteiger partial charge in [-0.05, 0) is 31.2 Å². The van der Waals surface area contributed by atoms with Crippen molar-refractivity contribution in [1.82, 2.24) is 15.8 Å². The minimum Gasteiger partial charge on any atom is -0.481 e. The van der Waals surface area contributed by atoms with Gasteiger partial charge in [-0.1, -0.05) is 0 Å². The number of morpholine rings is 1. The molecule has 2 amide bonds. The van der Waals surface area contributed by atoms with E-state index in [1.54, 1.807) is 36.6 Å². The molecule has 1 unspecified atom stereocenters. The van der Waals surface area contributed by atoms with E-state index in [0.717, 1.165) is 18.2 Å². The lowest BCUT2D eigenvalue weighted by molar-refractivity contribution is -0.128. The lowest BCUT2D eigenvalue weighted by Crippen LogP contribution is -2.47. The zero-order chi connectivity index (χ0) is 19.9. The van der Waals surface area contributed by atoms with Crippen LogP contribution in [0.5, 0.6) is 5.75 Å². The van der Waals surface area contributed by atoms with Crippen molar-refractivity contribution in [3.63, 3.8) is 0 Å². The molecule has 28 heavy (non-hydrogen) atoms. The van der Waals surface area contributed by atoms with Gasteiger partial charge in [0, 0.05) is 18.5 Å². The summed E-state index contributed by atoms with van der Waals surface area (Å²) in [6.07, 6.45) is -0.840. The van der Waals surface area contributed by atoms with Crippen LogP contribution >= 0.6 is 11.3 Å². The molecular formula is C18H19N5O4S. The summed E-state index contributed by atoms with van der Waals surface area (Å²) in [5.74, 6) is -0.571. The third-order valence-corrected chi connectivity index (χ3v) is 4.87. The maximum atomic E-state index is 12.2. The number of rotatable bonds is 5. The second-order valence-corrected chi connectivity index (χ2v) is 6.79. The van der Waals surface area contributed by atoms with E-state index in [1.807, 2.05) is 6.07 Å². The van der Waals surface area contributed by atoms with Gasteiger partial charge >= 0.3 is 0 Å². The van der Waals surface area contributed by atoms with Gasteiger partial charge in [0.1, 0.15) is 11.4 Å². The first-order chi connectivity index (χ1) is 13.6. The van der Waals surface area contributed by atoms with Crippen molar-refractivity contribution in [1.29, 1.82) is 5.26 Å². The van der Waals surface area contributed by atoms with Crippen LogP contribution in [0, 0.1) is 11.3 Å². The molecule has 2 aromatic rings. The summed E-state index contributed by atoms with van der Waals surface area (Å²) in [4.78, 5) is 30.7. The van der Waals surface area contributed by atoms with Gasteiger partial charge in [0.25, 0.3) is 11.8 Å². The molecule has 0 bridgehead atoms. The van der Waals surface area contributed by atoms with Crippen molar-refractivity contribution in [3.05, 3.63) is 40.9 Å². The molecule has 146 valence electrons. The van der Waals surface area contributed by atoms with Crippen molar-refractivity contribution in [2.75, 3.05) is 31.2 Å². The van der Waals surface area contributed by atoms with Crippen LogP contribution in [0.1, 0.15) is 23.0 Å². The fraction of sp³-hybridized carbons (Fsp3) is 0.333. The fourth-order valence-electron chi connectivity index (χ4n) is 2.42. The van der Waals surface area contributed by atoms with Crippen molar-refractivity contribution < 1.29 is 19.1 Å². The van der Waals surface area contributed by atoms with Crippen LogP contribution in [-0.2, 0) is 9.53 Å². The molecule has 1 aliphatic rings. The quantitative estimate of drug-likeness (QED) is 0.720. The van der Waals surface area contributed by atoms with Crippen LogP contribution in [-0.4, -0.2) is 49.2 Å². The van der Waals surface area contributed by atoms with E-state index in [-0.39, 0.29) is 5.69 Å². The highest BCUT2D eigenvalue weighted by molar-refractivity contribution is 7.13. The van der Waals surface area contributed by atoms with E-state index >= 15 is 0 Å². The number of aromatic nitrogens is 1. The number of nitrogens with zero attached hydrogens (tertiary/aromatic N) is 3. The molecule has 1 saturated heterocycles. The summed E-state index contributed by atoms with van der Waals surface area (Å²) in [6, 6.07) is 8.39. The number of amides is 2. The number of hydrazine groups is 1. The Morgan fingerprint density at radius 2 is 2.00 bits per heavy atom. The van der Waals surface area contributed by atoms with Gasteiger partial charge < -0.3 is 14.4 Å². The number of anilines is 1. The van der Waals surface area contributed by atoms with E-state index in [2.05, 4.69) is 20.7 Å². The fourth-order valence-corrected chi connectivity index (χ4v) is 3.28. The van der Waals surface area contributed by atoms with E-state index in [1.165, 1.54) is 11.3 Å². The van der Waals surface area contributed by atoms with E-state index in [4.69, 9.17) is 14.7 Å². The third kappa shape index (κ3) is 4.97. The Bertz CT molecular complexity index is 871. The van der Waals surface area contributed by atoms with Crippen molar-refractivity contribution in [3.8, 4) is 11.8 Å². The zero-order valence-corrected chi connectivity index (χ0v) is 16.0. The minimum absolute atomic E-state index is 0.229. The maximum absolute atomic E-state index is 12.2. The molecule has 0 spiro atoms. The Balaban J connectivity index is 1.48. The van der Waals surface area contributed by atoms with E-state index in [0.29, 0.717) is 24.5 Å². The van der Waals surface area contributed by atoms with E-state index < -0.39 is 17.9 Å². The Morgan fingerprint density at radius 1 is 1.29 bits per heavy atom. The SMILES string of the molecule is CC(Oc1ccc(C#N)cc1)C(=O)NNC(=O)c1csc(N2CCOCC2)n1. The summed E-state index contributed by atoms with van der Waals surface area (Å²) in [5, 5.41) is 11.2. The van der Waals surface area contributed by atoms with Gasteiger partial charge in [-0.2, -0.15) is 5.26 Å². The molecule has 1 fully saturated rings. The van der Waals surface area contributed by atoms with Crippen LogP contribution in [0.3, 0.4) is 0 Å². The predicted octanol–water partition coefficient (Wildman–Crippen LogP) is 1.08. The maximum Gasteiger partial charge on any atom is 0.289 e. The summed E-state index contributed by atoms with van der Waals surface area (Å²) in [6.45, 7) is 4.28. The standard InChI is InChI=1S/C18H19N5O4S/c1-12(27-14-4-2-13(10-19)3-5-14)16(24)21-22-17(25)15-11-28-18(20-15)23-6-8-26-9-7-23/h2-5,11-12H,6-9H2,1H3,(H,21,24)(H,22,25).